The molecule has 0 atom stereocenters. The van der Waals surface area contributed by atoms with Crippen LogP contribution >= 0.6 is 0 Å². The third-order valence-electron chi connectivity index (χ3n) is 2.87. The highest BCUT2D eigenvalue weighted by atomic mass is 19.1. The summed E-state index contributed by atoms with van der Waals surface area (Å²) < 4.78 is 18.3. The smallest absolute Gasteiger partial charge is 0.323 e. The lowest BCUT2D eigenvalue weighted by Gasteiger charge is -2.09. The summed E-state index contributed by atoms with van der Waals surface area (Å²) in [6.45, 7) is 0.0709. The number of nitrogens with one attached hydrogen (secondary N) is 2. The van der Waals surface area contributed by atoms with Gasteiger partial charge in [0.05, 0.1) is 7.11 Å². The fourth-order valence-electron chi connectivity index (χ4n) is 1.78. The first kappa shape index (κ1) is 14.8. The number of benzene rings is 2. The molecule has 0 radical (unpaired) electrons. The molecule has 0 bridgehead atoms. The summed E-state index contributed by atoms with van der Waals surface area (Å²) in [5, 5.41) is 5.28. The number of amides is 2. The van der Waals surface area contributed by atoms with Gasteiger partial charge >= 0.3 is 6.03 Å². The minimum absolute atomic E-state index is 0.0709. The number of ether oxygens (including phenoxy) is 1. The van der Waals surface area contributed by atoms with E-state index in [9.17, 15) is 9.18 Å². The topological polar surface area (TPSA) is 76.4 Å². The molecular formula is C15H16FN3O2. The van der Waals surface area contributed by atoms with E-state index in [2.05, 4.69) is 10.6 Å². The Morgan fingerprint density at radius 3 is 2.38 bits per heavy atom. The van der Waals surface area contributed by atoms with Crippen LogP contribution in [0.2, 0.25) is 0 Å². The molecule has 4 N–H and O–H groups in total. The van der Waals surface area contributed by atoms with Crippen molar-refractivity contribution in [2.24, 2.45) is 5.73 Å². The summed E-state index contributed by atoms with van der Waals surface area (Å²) >= 11 is 0. The molecule has 5 nitrogen and oxygen atoms in total. The van der Waals surface area contributed by atoms with Crippen LogP contribution in [-0.2, 0) is 6.54 Å². The van der Waals surface area contributed by atoms with Gasteiger partial charge in [0.2, 0.25) is 0 Å². The molecule has 0 aliphatic heterocycles. The van der Waals surface area contributed by atoms with Crippen molar-refractivity contribution >= 4 is 17.4 Å². The number of carbonyl (C=O) groups is 1. The third-order valence-corrected chi connectivity index (χ3v) is 2.87. The SMILES string of the molecule is COc1ccc(NC(=O)Nc2ccc(F)c(CN)c2)cc1. The van der Waals surface area contributed by atoms with Crippen LogP contribution in [0.15, 0.2) is 42.5 Å². The van der Waals surface area contributed by atoms with E-state index < -0.39 is 11.8 Å². The first-order chi connectivity index (χ1) is 10.1. The molecule has 21 heavy (non-hydrogen) atoms. The van der Waals surface area contributed by atoms with Crippen LogP contribution in [-0.4, -0.2) is 13.1 Å². The molecule has 2 amide bonds. The van der Waals surface area contributed by atoms with Crippen molar-refractivity contribution in [1.82, 2.24) is 0 Å². The van der Waals surface area contributed by atoms with E-state index in [1.54, 1.807) is 31.4 Å². The lowest BCUT2D eigenvalue weighted by atomic mass is 10.2. The van der Waals surface area contributed by atoms with Crippen molar-refractivity contribution in [3.05, 3.63) is 53.8 Å². The molecule has 2 rings (SSSR count). The molecule has 0 spiro atoms. The van der Waals surface area contributed by atoms with Crippen molar-refractivity contribution < 1.29 is 13.9 Å². The Morgan fingerprint density at radius 1 is 1.14 bits per heavy atom. The molecule has 0 unspecified atom stereocenters. The molecule has 0 saturated carbocycles. The Morgan fingerprint density at radius 2 is 1.76 bits per heavy atom. The second kappa shape index (κ2) is 6.71. The molecule has 0 aromatic heterocycles. The fraction of sp³-hybridized carbons (Fsp3) is 0.133. The lowest BCUT2D eigenvalue weighted by Crippen LogP contribution is -2.19. The molecule has 110 valence electrons. The van der Waals surface area contributed by atoms with E-state index in [0.717, 1.165) is 0 Å². The molecule has 0 aliphatic carbocycles. The maximum absolute atomic E-state index is 13.3. The summed E-state index contributed by atoms with van der Waals surface area (Å²) in [5.41, 5.74) is 6.86. The summed E-state index contributed by atoms with van der Waals surface area (Å²) in [5.74, 6) is 0.311. The summed E-state index contributed by atoms with van der Waals surface area (Å²) in [7, 11) is 1.57. The standard InChI is InChI=1S/C15H16FN3O2/c1-21-13-5-2-11(3-6-13)18-15(20)19-12-4-7-14(16)10(8-12)9-17/h2-8H,9,17H2,1H3,(H2,18,19,20). The molecular weight excluding hydrogens is 273 g/mol. The monoisotopic (exact) mass is 289 g/mol. The molecule has 2 aromatic rings. The van der Waals surface area contributed by atoms with E-state index in [0.29, 0.717) is 22.7 Å². The number of carbonyl (C=O) groups excluding carboxylic acids is 1. The maximum atomic E-state index is 13.3. The van der Waals surface area contributed by atoms with Crippen LogP contribution in [0.3, 0.4) is 0 Å². The number of hydrogen-bond donors (Lipinski definition) is 3. The largest absolute Gasteiger partial charge is 0.497 e. The quantitative estimate of drug-likeness (QED) is 0.810. The Labute approximate surface area is 121 Å². The first-order valence-corrected chi connectivity index (χ1v) is 6.33. The number of anilines is 2. The van der Waals surface area contributed by atoms with Gasteiger partial charge in [0.25, 0.3) is 0 Å². The minimum Gasteiger partial charge on any atom is -0.497 e. The summed E-state index contributed by atoms with van der Waals surface area (Å²) in [4.78, 5) is 11.8. The van der Waals surface area contributed by atoms with Gasteiger partial charge in [-0.15, -0.1) is 0 Å². The average Bonchev–Trinajstić information content (AvgIpc) is 2.50. The van der Waals surface area contributed by atoms with Crippen LogP contribution in [0.25, 0.3) is 0 Å². The predicted molar refractivity (Wildman–Crippen MR) is 79.9 cm³/mol. The number of halogens is 1. The van der Waals surface area contributed by atoms with Crippen LogP contribution < -0.4 is 21.1 Å². The van der Waals surface area contributed by atoms with Crippen molar-refractivity contribution in [2.45, 2.75) is 6.54 Å². The average molecular weight is 289 g/mol. The molecule has 6 heteroatoms. The minimum atomic E-state index is -0.422. The first-order valence-electron chi connectivity index (χ1n) is 6.33. The second-order valence-corrected chi connectivity index (χ2v) is 4.32. The number of nitrogens with two attached hydrogens (primary N) is 1. The van der Waals surface area contributed by atoms with Gasteiger partial charge in [0.15, 0.2) is 0 Å². The van der Waals surface area contributed by atoms with Gasteiger partial charge in [-0.3, -0.25) is 0 Å². The molecule has 0 fully saturated rings. The number of hydrogen-bond acceptors (Lipinski definition) is 3. The summed E-state index contributed by atoms with van der Waals surface area (Å²) in [6, 6.07) is 10.7. The highest BCUT2D eigenvalue weighted by Crippen LogP contribution is 2.17. The highest BCUT2D eigenvalue weighted by molar-refractivity contribution is 5.99. The van der Waals surface area contributed by atoms with Gasteiger partial charge in [-0.2, -0.15) is 0 Å². The van der Waals surface area contributed by atoms with Crippen LogP contribution in [0, 0.1) is 5.82 Å². The van der Waals surface area contributed by atoms with Gasteiger partial charge in [-0.05, 0) is 42.5 Å². The molecule has 2 aromatic carbocycles. The normalized spacial score (nSPS) is 10.0. The lowest BCUT2D eigenvalue weighted by molar-refractivity contribution is 0.262. The zero-order valence-corrected chi connectivity index (χ0v) is 11.5. The van der Waals surface area contributed by atoms with Gasteiger partial charge < -0.3 is 21.1 Å². The zero-order chi connectivity index (χ0) is 15.2. The Hall–Kier alpha value is -2.60. The van der Waals surface area contributed by atoms with Crippen LogP contribution in [0.1, 0.15) is 5.56 Å². The second-order valence-electron chi connectivity index (χ2n) is 4.32. The van der Waals surface area contributed by atoms with E-state index in [-0.39, 0.29) is 6.54 Å². The van der Waals surface area contributed by atoms with Gasteiger partial charge in [-0.1, -0.05) is 0 Å². The fourth-order valence-corrected chi connectivity index (χ4v) is 1.78. The Kier molecular flexibility index (Phi) is 4.73. The number of rotatable bonds is 4. The van der Waals surface area contributed by atoms with E-state index in [4.69, 9.17) is 10.5 Å². The van der Waals surface area contributed by atoms with Crippen molar-refractivity contribution in [2.75, 3.05) is 17.7 Å². The Bertz CT molecular complexity index is 629. The van der Waals surface area contributed by atoms with Crippen molar-refractivity contribution in [1.29, 1.82) is 0 Å². The van der Waals surface area contributed by atoms with E-state index in [1.165, 1.54) is 18.2 Å². The third kappa shape index (κ3) is 3.93. The van der Waals surface area contributed by atoms with Crippen LogP contribution in [0.4, 0.5) is 20.6 Å². The predicted octanol–water partition coefficient (Wildman–Crippen LogP) is 2.94. The van der Waals surface area contributed by atoms with Crippen molar-refractivity contribution in [3.63, 3.8) is 0 Å². The zero-order valence-electron chi connectivity index (χ0n) is 11.5. The van der Waals surface area contributed by atoms with Gasteiger partial charge in [0.1, 0.15) is 11.6 Å². The maximum Gasteiger partial charge on any atom is 0.323 e. The van der Waals surface area contributed by atoms with E-state index >= 15 is 0 Å². The summed E-state index contributed by atoms with van der Waals surface area (Å²) in [6.07, 6.45) is 0. The highest BCUT2D eigenvalue weighted by Gasteiger charge is 2.06. The van der Waals surface area contributed by atoms with E-state index in [1.807, 2.05) is 0 Å². The van der Waals surface area contributed by atoms with Crippen molar-refractivity contribution in [3.8, 4) is 5.75 Å². The Balaban J connectivity index is 2.00. The molecule has 0 aliphatic rings. The molecule has 0 heterocycles. The van der Waals surface area contributed by atoms with Crippen LogP contribution in [0.5, 0.6) is 5.75 Å². The van der Waals surface area contributed by atoms with Gasteiger partial charge in [0, 0.05) is 23.5 Å². The molecule has 0 saturated heterocycles. The number of urea groups is 1. The van der Waals surface area contributed by atoms with Gasteiger partial charge in [-0.25, -0.2) is 9.18 Å². The number of methoxy groups -OCH3 is 1.